The van der Waals surface area contributed by atoms with Gasteiger partial charge in [0.15, 0.2) is 0 Å². The van der Waals surface area contributed by atoms with E-state index in [1.165, 1.54) is 0 Å². The number of imidazole rings is 1. The highest BCUT2D eigenvalue weighted by Crippen LogP contribution is 2.24. The number of nitrogens with one attached hydrogen (secondary N) is 1. The van der Waals surface area contributed by atoms with E-state index < -0.39 is 0 Å². The molecule has 0 aliphatic heterocycles. The van der Waals surface area contributed by atoms with Crippen molar-refractivity contribution < 1.29 is 0 Å². The van der Waals surface area contributed by atoms with Gasteiger partial charge in [-0.15, -0.1) is 11.6 Å². The number of benzene rings is 1. The fourth-order valence-electron chi connectivity index (χ4n) is 1.20. The lowest BCUT2D eigenvalue weighted by molar-refractivity contribution is 0.992. The molecule has 0 fully saturated rings. The van der Waals surface area contributed by atoms with Crippen molar-refractivity contribution in [3.8, 4) is 0 Å². The standard InChI is InChI=1S/C10H9ClN2/c11-9(10-12-6-7-13-10)8-4-2-1-3-5-8/h1-7,9H,(H,12,13). The fraction of sp³-hybridized carbons (Fsp3) is 0.100. The van der Waals surface area contributed by atoms with Gasteiger partial charge in [-0.1, -0.05) is 30.3 Å². The van der Waals surface area contributed by atoms with E-state index in [9.17, 15) is 0 Å². The summed E-state index contributed by atoms with van der Waals surface area (Å²) in [6, 6.07) is 9.87. The van der Waals surface area contributed by atoms with E-state index in [2.05, 4.69) is 9.97 Å². The molecule has 3 heteroatoms. The molecule has 0 aliphatic rings. The maximum absolute atomic E-state index is 6.18. The van der Waals surface area contributed by atoms with E-state index >= 15 is 0 Å². The van der Waals surface area contributed by atoms with E-state index in [0.29, 0.717) is 0 Å². The minimum Gasteiger partial charge on any atom is -0.347 e. The molecule has 0 spiro atoms. The lowest BCUT2D eigenvalue weighted by Gasteiger charge is -2.05. The van der Waals surface area contributed by atoms with Crippen LogP contribution in [0.4, 0.5) is 0 Å². The minimum absolute atomic E-state index is 0.184. The van der Waals surface area contributed by atoms with E-state index in [1.54, 1.807) is 12.4 Å². The molecule has 1 atom stereocenters. The number of hydrogen-bond acceptors (Lipinski definition) is 1. The Hall–Kier alpha value is -1.28. The van der Waals surface area contributed by atoms with Gasteiger partial charge in [-0.05, 0) is 5.56 Å². The Labute approximate surface area is 81.6 Å². The molecular formula is C10H9ClN2. The maximum Gasteiger partial charge on any atom is 0.128 e. The summed E-state index contributed by atoms with van der Waals surface area (Å²) in [5.41, 5.74) is 1.05. The van der Waals surface area contributed by atoms with Crippen LogP contribution in [0.25, 0.3) is 0 Å². The van der Waals surface area contributed by atoms with Crippen molar-refractivity contribution in [2.45, 2.75) is 5.38 Å². The van der Waals surface area contributed by atoms with Crippen molar-refractivity contribution >= 4 is 11.6 Å². The highest BCUT2D eigenvalue weighted by molar-refractivity contribution is 6.22. The Morgan fingerprint density at radius 2 is 2.00 bits per heavy atom. The predicted molar refractivity (Wildman–Crippen MR) is 52.7 cm³/mol. The number of nitrogens with zero attached hydrogens (tertiary/aromatic N) is 1. The second-order valence-corrected chi connectivity index (χ2v) is 3.18. The van der Waals surface area contributed by atoms with Gasteiger partial charge in [-0.25, -0.2) is 4.98 Å². The molecule has 1 N–H and O–H groups in total. The maximum atomic E-state index is 6.18. The molecular weight excluding hydrogens is 184 g/mol. The largest absolute Gasteiger partial charge is 0.347 e. The zero-order valence-electron chi connectivity index (χ0n) is 6.94. The zero-order chi connectivity index (χ0) is 9.10. The van der Waals surface area contributed by atoms with Gasteiger partial charge < -0.3 is 4.98 Å². The van der Waals surface area contributed by atoms with E-state index in [4.69, 9.17) is 11.6 Å². The molecule has 2 nitrogen and oxygen atoms in total. The summed E-state index contributed by atoms with van der Waals surface area (Å²) < 4.78 is 0. The second-order valence-electron chi connectivity index (χ2n) is 2.75. The first-order chi connectivity index (χ1) is 6.38. The molecule has 1 unspecified atom stereocenters. The van der Waals surface area contributed by atoms with Crippen LogP contribution < -0.4 is 0 Å². The SMILES string of the molecule is ClC(c1ccccc1)c1ncc[nH]1. The van der Waals surface area contributed by atoms with Crippen molar-refractivity contribution in [1.82, 2.24) is 9.97 Å². The molecule has 1 aromatic heterocycles. The van der Waals surface area contributed by atoms with Crippen LogP contribution in [0.2, 0.25) is 0 Å². The summed E-state index contributed by atoms with van der Waals surface area (Å²) in [5.74, 6) is 0.785. The van der Waals surface area contributed by atoms with Crippen molar-refractivity contribution in [3.05, 3.63) is 54.1 Å². The lowest BCUT2D eigenvalue weighted by atomic mass is 10.1. The lowest BCUT2D eigenvalue weighted by Crippen LogP contribution is -1.94. The number of aromatic nitrogens is 2. The molecule has 1 heterocycles. The number of halogens is 1. The smallest absolute Gasteiger partial charge is 0.128 e. The molecule has 0 radical (unpaired) electrons. The van der Waals surface area contributed by atoms with Crippen LogP contribution in [0.15, 0.2) is 42.7 Å². The van der Waals surface area contributed by atoms with Gasteiger partial charge in [0.2, 0.25) is 0 Å². The van der Waals surface area contributed by atoms with Crippen LogP contribution in [0.1, 0.15) is 16.8 Å². The van der Waals surface area contributed by atoms with Crippen molar-refractivity contribution in [1.29, 1.82) is 0 Å². The molecule has 0 saturated heterocycles. The predicted octanol–water partition coefficient (Wildman–Crippen LogP) is 2.74. The third kappa shape index (κ3) is 1.73. The Kier molecular flexibility index (Phi) is 2.32. The van der Waals surface area contributed by atoms with Gasteiger partial charge in [0.1, 0.15) is 11.2 Å². The molecule has 66 valence electrons. The quantitative estimate of drug-likeness (QED) is 0.729. The van der Waals surface area contributed by atoms with Crippen LogP contribution >= 0.6 is 11.6 Å². The summed E-state index contributed by atoms with van der Waals surface area (Å²) in [4.78, 5) is 7.10. The Bertz CT molecular complexity index is 356. The van der Waals surface area contributed by atoms with E-state index in [1.807, 2.05) is 30.3 Å². The zero-order valence-corrected chi connectivity index (χ0v) is 7.70. The Morgan fingerprint density at radius 3 is 2.62 bits per heavy atom. The Balaban J connectivity index is 2.29. The molecule has 1 aromatic carbocycles. The van der Waals surface area contributed by atoms with Crippen LogP contribution in [-0.2, 0) is 0 Å². The molecule has 0 saturated carbocycles. The summed E-state index contributed by atoms with van der Waals surface area (Å²) in [7, 11) is 0. The van der Waals surface area contributed by atoms with Crippen molar-refractivity contribution in [3.63, 3.8) is 0 Å². The summed E-state index contributed by atoms with van der Waals surface area (Å²) in [5, 5.41) is -0.184. The summed E-state index contributed by atoms with van der Waals surface area (Å²) >= 11 is 6.18. The Morgan fingerprint density at radius 1 is 1.23 bits per heavy atom. The van der Waals surface area contributed by atoms with E-state index in [-0.39, 0.29) is 5.38 Å². The van der Waals surface area contributed by atoms with Gasteiger partial charge >= 0.3 is 0 Å². The van der Waals surface area contributed by atoms with Gasteiger partial charge in [0.05, 0.1) is 0 Å². The van der Waals surface area contributed by atoms with Crippen LogP contribution in [0.3, 0.4) is 0 Å². The average Bonchev–Trinajstić information content (AvgIpc) is 2.71. The number of rotatable bonds is 2. The fourth-order valence-corrected chi connectivity index (χ4v) is 1.46. The average molecular weight is 193 g/mol. The highest BCUT2D eigenvalue weighted by Gasteiger charge is 2.11. The topological polar surface area (TPSA) is 28.7 Å². The first-order valence-corrected chi connectivity index (χ1v) is 4.50. The summed E-state index contributed by atoms with van der Waals surface area (Å²) in [6.45, 7) is 0. The number of H-pyrrole nitrogens is 1. The molecule has 0 bridgehead atoms. The van der Waals surface area contributed by atoms with Crippen LogP contribution in [0.5, 0.6) is 0 Å². The first-order valence-electron chi connectivity index (χ1n) is 4.06. The third-order valence-corrected chi connectivity index (χ3v) is 2.31. The summed E-state index contributed by atoms with van der Waals surface area (Å²) in [6.07, 6.45) is 3.47. The van der Waals surface area contributed by atoms with Gasteiger partial charge in [-0.3, -0.25) is 0 Å². The van der Waals surface area contributed by atoms with Crippen LogP contribution in [0, 0.1) is 0 Å². The van der Waals surface area contributed by atoms with Crippen LogP contribution in [-0.4, -0.2) is 9.97 Å². The minimum atomic E-state index is -0.184. The van der Waals surface area contributed by atoms with Gasteiger partial charge in [-0.2, -0.15) is 0 Å². The highest BCUT2D eigenvalue weighted by atomic mass is 35.5. The molecule has 2 rings (SSSR count). The molecule has 0 aliphatic carbocycles. The van der Waals surface area contributed by atoms with Gasteiger partial charge in [0.25, 0.3) is 0 Å². The first kappa shape index (κ1) is 8.32. The number of aromatic amines is 1. The van der Waals surface area contributed by atoms with Crippen molar-refractivity contribution in [2.75, 3.05) is 0 Å². The number of hydrogen-bond donors (Lipinski definition) is 1. The van der Waals surface area contributed by atoms with E-state index in [0.717, 1.165) is 11.4 Å². The third-order valence-electron chi connectivity index (χ3n) is 1.85. The normalized spacial score (nSPS) is 12.7. The molecule has 0 amide bonds. The molecule has 2 aromatic rings. The molecule has 13 heavy (non-hydrogen) atoms. The second kappa shape index (κ2) is 3.62. The van der Waals surface area contributed by atoms with Gasteiger partial charge in [0, 0.05) is 12.4 Å². The monoisotopic (exact) mass is 192 g/mol. The number of alkyl halides is 1. The van der Waals surface area contributed by atoms with Crippen molar-refractivity contribution in [2.24, 2.45) is 0 Å².